The predicted molar refractivity (Wildman–Crippen MR) is 68.7 cm³/mol. The Kier molecular flexibility index (Phi) is 3.00. The number of aliphatic imine (C=N–C) groups is 1. The largest absolute Gasteiger partial charge is 0.335 e. The van der Waals surface area contributed by atoms with Crippen LogP contribution in [0.1, 0.15) is 20.3 Å². The Morgan fingerprint density at radius 3 is 2.67 bits per heavy atom. The summed E-state index contributed by atoms with van der Waals surface area (Å²) in [5, 5.41) is 4.39. The van der Waals surface area contributed by atoms with Crippen LogP contribution in [0.5, 0.6) is 0 Å². The molecule has 80 valence electrons. The molecule has 2 nitrogen and oxygen atoms in total. The molecule has 3 heteroatoms. The summed E-state index contributed by atoms with van der Waals surface area (Å²) < 4.78 is 0. The van der Waals surface area contributed by atoms with E-state index in [0.29, 0.717) is 0 Å². The van der Waals surface area contributed by atoms with E-state index in [1.54, 1.807) is 11.8 Å². The van der Waals surface area contributed by atoms with Crippen LogP contribution in [0.3, 0.4) is 0 Å². The summed E-state index contributed by atoms with van der Waals surface area (Å²) >= 11 is 1.80. The van der Waals surface area contributed by atoms with Crippen LogP contribution in [0, 0.1) is 0 Å². The number of rotatable bonds is 1. The minimum Gasteiger partial charge on any atom is -0.335 e. The van der Waals surface area contributed by atoms with E-state index in [1.807, 2.05) is 18.2 Å². The maximum Gasteiger partial charge on any atom is 0.161 e. The first kappa shape index (κ1) is 10.6. The molecule has 0 atom stereocenters. The van der Waals surface area contributed by atoms with Crippen LogP contribution in [0.4, 0.5) is 5.69 Å². The Morgan fingerprint density at radius 2 is 2.00 bits per heavy atom. The molecule has 0 aromatic heterocycles. The lowest BCUT2D eigenvalue weighted by molar-refractivity contribution is 0.507. The van der Waals surface area contributed by atoms with Crippen LogP contribution in [-0.2, 0) is 0 Å². The van der Waals surface area contributed by atoms with Crippen LogP contribution in [-0.4, -0.2) is 16.5 Å². The number of nitrogens with zero attached hydrogens (tertiary/aromatic N) is 1. The number of hydrogen-bond donors (Lipinski definition) is 1. The highest BCUT2D eigenvalue weighted by Crippen LogP contribution is 2.26. The second kappa shape index (κ2) is 4.27. The fourth-order valence-corrected chi connectivity index (χ4v) is 2.77. The van der Waals surface area contributed by atoms with Crippen molar-refractivity contribution in [1.82, 2.24) is 0 Å². The molecule has 1 aromatic rings. The molecule has 0 radical (unpaired) electrons. The highest BCUT2D eigenvalue weighted by molar-refractivity contribution is 8.14. The maximum atomic E-state index is 4.68. The van der Waals surface area contributed by atoms with Gasteiger partial charge in [0, 0.05) is 11.4 Å². The Labute approximate surface area is 95.2 Å². The van der Waals surface area contributed by atoms with E-state index in [2.05, 4.69) is 36.3 Å². The molecule has 0 bridgehead atoms. The third kappa shape index (κ3) is 2.99. The highest BCUT2D eigenvalue weighted by Gasteiger charge is 2.22. The van der Waals surface area contributed by atoms with Crippen molar-refractivity contribution in [2.75, 3.05) is 11.1 Å². The molecule has 0 unspecified atom stereocenters. The van der Waals surface area contributed by atoms with E-state index in [9.17, 15) is 0 Å². The van der Waals surface area contributed by atoms with Crippen molar-refractivity contribution >= 4 is 22.6 Å². The van der Waals surface area contributed by atoms with Crippen LogP contribution in [0.15, 0.2) is 35.3 Å². The van der Waals surface area contributed by atoms with Gasteiger partial charge in [0.25, 0.3) is 0 Å². The second-order valence-corrected chi connectivity index (χ2v) is 5.40. The normalized spacial score (nSPS) is 19.5. The summed E-state index contributed by atoms with van der Waals surface area (Å²) in [6, 6.07) is 10.2. The molecule has 0 saturated heterocycles. The molecule has 1 aromatic carbocycles. The fraction of sp³-hybridized carbons (Fsp3) is 0.417. The molecule has 1 heterocycles. The minimum atomic E-state index is 0.0857. The molecule has 0 spiro atoms. The molecule has 15 heavy (non-hydrogen) atoms. The van der Waals surface area contributed by atoms with Gasteiger partial charge in [-0.3, -0.25) is 4.99 Å². The Morgan fingerprint density at radius 1 is 1.27 bits per heavy atom. The predicted octanol–water partition coefficient (Wildman–Crippen LogP) is 3.37. The van der Waals surface area contributed by atoms with E-state index < -0.39 is 0 Å². The molecule has 0 amide bonds. The molecule has 2 rings (SSSR count). The smallest absolute Gasteiger partial charge is 0.161 e. The first-order chi connectivity index (χ1) is 7.16. The topological polar surface area (TPSA) is 24.4 Å². The lowest BCUT2D eigenvalue weighted by Gasteiger charge is -2.26. The minimum absolute atomic E-state index is 0.0857. The van der Waals surface area contributed by atoms with Crippen molar-refractivity contribution in [3.05, 3.63) is 30.3 Å². The van der Waals surface area contributed by atoms with Crippen LogP contribution < -0.4 is 5.32 Å². The van der Waals surface area contributed by atoms with Gasteiger partial charge in [0.15, 0.2) is 5.17 Å². The summed E-state index contributed by atoms with van der Waals surface area (Å²) in [4.78, 5) is 4.68. The van der Waals surface area contributed by atoms with Gasteiger partial charge in [-0.1, -0.05) is 30.0 Å². The average molecular weight is 220 g/mol. The Bertz CT molecular complexity index is 357. The number of thioether (sulfide) groups is 1. The van der Waals surface area contributed by atoms with Crippen molar-refractivity contribution in [2.24, 2.45) is 4.99 Å². The van der Waals surface area contributed by atoms with Gasteiger partial charge in [-0.2, -0.15) is 0 Å². The summed E-state index contributed by atoms with van der Waals surface area (Å²) in [7, 11) is 0. The second-order valence-electron chi connectivity index (χ2n) is 4.32. The molecular weight excluding hydrogens is 204 g/mol. The lowest BCUT2D eigenvalue weighted by Crippen LogP contribution is -2.27. The highest BCUT2D eigenvalue weighted by atomic mass is 32.2. The van der Waals surface area contributed by atoms with E-state index >= 15 is 0 Å². The Balaban J connectivity index is 2.10. The van der Waals surface area contributed by atoms with Gasteiger partial charge < -0.3 is 5.32 Å². The van der Waals surface area contributed by atoms with Crippen molar-refractivity contribution in [1.29, 1.82) is 0 Å². The van der Waals surface area contributed by atoms with Crippen LogP contribution in [0.2, 0.25) is 0 Å². The first-order valence-corrected chi connectivity index (χ1v) is 6.19. The lowest BCUT2D eigenvalue weighted by atomic mass is 10.0. The third-order valence-corrected chi connectivity index (χ3v) is 3.26. The number of para-hydroxylation sites is 1. The molecule has 0 fully saturated rings. The molecule has 1 aliphatic heterocycles. The zero-order chi connectivity index (χ0) is 10.7. The maximum absolute atomic E-state index is 4.68. The summed E-state index contributed by atoms with van der Waals surface area (Å²) in [5.74, 6) is 1.14. The first-order valence-electron chi connectivity index (χ1n) is 5.20. The summed E-state index contributed by atoms with van der Waals surface area (Å²) in [6.07, 6.45) is 1.15. The molecule has 1 N–H and O–H groups in total. The van der Waals surface area contributed by atoms with Crippen LogP contribution in [0.25, 0.3) is 0 Å². The quantitative estimate of drug-likeness (QED) is 0.784. The van der Waals surface area contributed by atoms with E-state index in [1.165, 1.54) is 0 Å². The standard InChI is InChI=1S/C12H16N2S/c1-12(2)8-9-15-11(14-12)13-10-6-4-3-5-7-10/h3-7H,8-9H2,1-2H3,(H,13,14). The molecular formula is C12H16N2S. The van der Waals surface area contributed by atoms with Gasteiger partial charge in [0.2, 0.25) is 0 Å². The SMILES string of the molecule is CC1(C)CCSC(Nc2ccccc2)=N1. The van der Waals surface area contributed by atoms with Crippen molar-refractivity contribution in [2.45, 2.75) is 25.8 Å². The fourth-order valence-electron chi connectivity index (χ4n) is 1.47. The molecule has 0 saturated carbocycles. The molecule has 1 aliphatic rings. The van der Waals surface area contributed by atoms with Gasteiger partial charge in [0.05, 0.1) is 5.54 Å². The number of benzene rings is 1. The van der Waals surface area contributed by atoms with Crippen LogP contribution >= 0.6 is 11.8 Å². The number of amidine groups is 1. The van der Waals surface area contributed by atoms with Crippen molar-refractivity contribution in [3.63, 3.8) is 0 Å². The molecule has 0 aliphatic carbocycles. The van der Waals surface area contributed by atoms with Gasteiger partial charge >= 0.3 is 0 Å². The number of hydrogen-bond acceptors (Lipinski definition) is 3. The zero-order valence-corrected chi connectivity index (χ0v) is 9.97. The number of anilines is 1. The van der Waals surface area contributed by atoms with Gasteiger partial charge in [-0.15, -0.1) is 0 Å². The zero-order valence-electron chi connectivity index (χ0n) is 9.16. The van der Waals surface area contributed by atoms with Gasteiger partial charge in [-0.05, 0) is 32.4 Å². The summed E-state index contributed by atoms with van der Waals surface area (Å²) in [6.45, 7) is 4.36. The van der Waals surface area contributed by atoms with E-state index in [-0.39, 0.29) is 5.54 Å². The Hall–Kier alpha value is -0.960. The van der Waals surface area contributed by atoms with E-state index in [0.717, 1.165) is 23.0 Å². The summed E-state index contributed by atoms with van der Waals surface area (Å²) in [5.41, 5.74) is 1.20. The number of nitrogens with one attached hydrogen (secondary N) is 1. The monoisotopic (exact) mass is 220 g/mol. The average Bonchev–Trinajstić information content (AvgIpc) is 2.17. The van der Waals surface area contributed by atoms with Crippen molar-refractivity contribution in [3.8, 4) is 0 Å². The third-order valence-electron chi connectivity index (χ3n) is 2.38. The van der Waals surface area contributed by atoms with E-state index in [4.69, 9.17) is 0 Å². The van der Waals surface area contributed by atoms with Gasteiger partial charge in [-0.25, -0.2) is 0 Å². The van der Waals surface area contributed by atoms with Gasteiger partial charge in [0.1, 0.15) is 0 Å². The van der Waals surface area contributed by atoms with Crippen molar-refractivity contribution < 1.29 is 0 Å².